The SMILES string of the molecule is O=C(NCc1nc2ccccc2c(=O)[nH]1)C(O)(c1ccc(Br)s1)C(F)(F)F. The molecule has 1 unspecified atom stereocenters. The van der Waals surface area contributed by atoms with Crippen LogP contribution in [0.1, 0.15) is 10.7 Å². The van der Waals surface area contributed by atoms with E-state index in [0.29, 0.717) is 26.0 Å². The zero-order valence-electron chi connectivity index (χ0n) is 13.3. The van der Waals surface area contributed by atoms with Gasteiger partial charge < -0.3 is 15.4 Å². The number of benzene rings is 1. The van der Waals surface area contributed by atoms with Crippen LogP contribution in [0.15, 0.2) is 45.0 Å². The van der Waals surface area contributed by atoms with Gasteiger partial charge in [-0.2, -0.15) is 13.2 Å². The zero-order valence-corrected chi connectivity index (χ0v) is 15.7. The van der Waals surface area contributed by atoms with E-state index in [1.165, 1.54) is 6.07 Å². The van der Waals surface area contributed by atoms with Gasteiger partial charge in [0.1, 0.15) is 5.82 Å². The molecule has 142 valence electrons. The first kappa shape index (κ1) is 19.5. The smallest absolute Gasteiger partial charge is 0.368 e. The summed E-state index contributed by atoms with van der Waals surface area (Å²) in [5.74, 6) is -1.70. The fourth-order valence-corrected chi connectivity index (χ4v) is 3.89. The lowest BCUT2D eigenvalue weighted by Crippen LogP contribution is -2.53. The van der Waals surface area contributed by atoms with E-state index in [-0.39, 0.29) is 5.82 Å². The monoisotopic (exact) mass is 461 g/mol. The molecular formula is C16H11BrF3N3O3S. The highest BCUT2D eigenvalue weighted by atomic mass is 79.9. The lowest BCUT2D eigenvalue weighted by atomic mass is 10.00. The molecule has 27 heavy (non-hydrogen) atoms. The Bertz CT molecular complexity index is 1070. The van der Waals surface area contributed by atoms with Crippen LogP contribution < -0.4 is 10.9 Å². The first-order valence-electron chi connectivity index (χ1n) is 7.44. The molecule has 11 heteroatoms. The van der Waals surface area contributed by atoms with Gasteiger partial charge in [-0.25, -0.2) is 4.98 Å². The first-order valence-corrected chi connectivity index (χ1v) is 9.05. The van der Waals surface area contributed by atoms with Crippen LogP contribution in [0.4, 0.5) is 13.2 Å². The highest BCUT2D eigenvalue weighted by Crippen LogP contribution is 2.43. The summed E-state index contributed by atoms with van der Waals surface area (Å²) in [5, 5.41) is 12.5. The summed E-state index contributed by atoms with van der Waals surface area (Å²) in [7, 11) is 0. The van der Waals surface area contributed by atoms with Crippen LogP contribution >= 0.6 is 27.3 Å². The Balaban J connectivity index is 1.88. The van der Waals surface area contributed by atoms with Crippen molar-refractivity contribution in [3.8, 4) is 0 Å². The maximum atomic E-state index is 13.5. The van der Waals surface area contributed by atoms with E-state index in [9.17, 15) is 27.9 Å². The van der Waals surface area contributed by atoms with Gasteiger partial charge >= 0.3 is 6.18 Å². The second-order valence-electron chi connectivity index (χ2n) is 5.52. The van der Waals surface area contributed by atoms with Crippen LogP contribution in [-0.4, -0.2) is 27.2 Å². The van der Waals surface area contributed by atoms with E-state index in [1.54, 1.807) is 24.3 Å². The van der Waals surface area contributed by atoms with Crippen molar-refractivity contribution in [3.63, 3.8) is 0 Å². The molecule has 6 nitrogen and oxygen atoms in total. The Kier molecular flexibility index (Phi) is 5.10. The summed E-state index contributed by atoms with van der Waals surface area (Å²) in [4.78, 5) is 30.1. The number of thiophene rings is 1. The Morgan fingerprint density at radius 2 is 1.96 bits per heavy atom. The molecule has 0 saturated heterocycles. The number of carbonyl (C=O) groups is 1. The molecule has 0 fully saturated rings. The summed E-state index contributed by atoms with van der Waals surface area (Å²) < 4.78 is 40.7. The van der Waals surface area contributed by atoms with Crippen molar-refractivity contribution < 1.29 is 23.1 Å². The van der Waals surface area contributed by atoms with Crippen LogP contribution in [0, 0.1) is 0 Å². The number of para-hydroxylation sites is 1. The van der Waals surface area contributed by atoms with Crippen molar-refractivity contribution in [2.24, 2.45) is 0 Å². The largest absolute Gasteiger partial charge is 0.431 e. The first-order chi connectivity index (χ1) is 12.6. The number of hydrogen-bond donors (Lipinski definition) is 3. The van der Waals surface area contributed by atoms with Crippen LogP contribution in [0.3, 0.4) is 0 Å². The quantitative estimate of drug-likeness (QED) is 0.556. The summed E-state index contributed by atoms with van der Waals surface area (Å²) in [6.07, 6.45) is -5.24. The van der Waals surface area contributed by atoms with Gasteiger partial charge in [0.15, 0.2) is 0 Å². The molecule has 0 aliphatic heterocycles. The number of alkyl halides is 3. The number of aromatic amines is 1. The van der Waals surface area contributed by atoms with Gasteiger partial charge in [-0.05, 0) is 40.2 Å². The molecule has 0 bridgehead atoms. The average Bonchev–Trinajstić information content (AvgIpc) is 3.04. The van der Waals surface area contributed by atoms with Crippen molar-refractivity contribution in [2.75, 3.05) is 0 Å². The number of hydrogen-bond acceptors (Lipinski definition) is 5. The average molecular weight is 462 g/mol. The fourth-order valence-electron chi connectivity index (χ4n) is 2.40. The van der Waals surface area contributed by atoms with E-state index in [2.05, 4.69) is 25.9 Å². The highest BCUT2D eigenvalue weighted by Gasteiger charge is 2.61. The molecule has 0 aliphatic rings. The third-order valence-corrected chi connectivity index (χ3v) is 5.48. The van der Waals surface area contributed by atoms with Crippen LogP contribution in [-0.2, 0) is 16.9 Å². The number of rotatable bonds is 4. The number of nitrogens with zero attached hydrogens (tertiary/aromatic N) is 1. The molecule has 1 amide bonds. The molecular weight excluding hydrogens is 451 g/mol. The Hall–Kier alpha value is -2.24. The minimum absolute atomic E-state index is 0.0380. The van der Waals surface area contributed by atoms with Crippen LogP contribution in [0.2, 0.25) is 0 Å². The molecule has 2 aromatic heterocycles. The summed E-state index contributed by atoms with van der Waals surface area (Å²) in [6.45, 7) is -0.496. The Morgan fingerprint density at radius 1 is 1.26 bits per heavy atom. The predicted molar refractivity (Wildman–Crippen MR) is 96.2 cm³/mol. The topological polar surface area (TPSA) is 95.1 Å². The molecule has 0 spiro atoms. The van der Waals surface area contributed by atoms with E-state index in [1.807, 2.05) is 5.32 Å². The number of aliphatic hydroxyl groups is 1. The van der Waals surface area contributed by atoms with Crippen molar-refractivity contribution in [3.05, 3.63) is 61.2 Å². The van der Waals surface area contributed by atoms with Gasteiger partial charge in [0.2, 0.25) is 0 Å². The predicted octanol–water partition coefficient (Wildman–Crippen LogP) is 2.81. The third-order valence-electron chi connectivity index (χ3n) is 3.75. The van der Waals surface area contributed by atoms with E-state index in [4.69, 9.17) is 0 Å². The highest BCUT2D eigenvalue weighted by molar-refractivity contribution is 9.11. The maximum absolute atomic E-state index is 13.5. The van der Waals surface area contributed by atoms with E-state index in [0.717, 1.165) is 6.07 Å². The molecule has 3 N–H and O–H groups in total. The van der Waals surface area contributed by atoms with Crippen molar-refractivity contribution in [2.45, 2.75) is 18.3 Å². The summed E-state index contributed by atoms with van der Waals surface area (Å²) >= 11 is 3.59. The van der Waals surface area contributed by atoms with Gasteiger partial charge in [0.25, 0.3) is 17.1 Å². The van der Waals surface area contributed by atoms with Crippen LogP contribution in [0.5, 0.6) is 0 Å². The number of carbonyl (C=O) groups excluding carboxylic acids is 1. The number of fused-ring (bicyclic) bond motifs is 1. The fraction of sp³-hybridized carbons (Fsp3) is 0.188. The van der Waals surface area contributed by atoms with Gasteiger partial charge in [-0.15, -0.1) is 11.3 Å². The number of nitrogens with one attached hydrogen (secondary N) is 2. The van der Waals surface area contributed by atoms with Crippen LogP contribution in [0.25, 0.3) is 10.9 Å². The maximum Gasteiger partial charge on any atom is 0.431 e. The molecule has 1 atom stereocenters. The van der Waals surface area contributed by atoms with Gasteiger partial charge in [0.05, 0.1) is 26.1 Å². The zero-order chi connectivity index (χ0) is 19.8. The standard InChI is InChI=1S/C16H11BrF3N3O3S/c17-11-6-5-10(27-11)15(26,16(18,19)20)14(25)21-7-12-22-9-4-2-1-3-8(9)13(24)23-12/h1-6,26H,7H2,(H,21,25)(H,22,23,24). The second-order valence-corrected chi connectivity index (χ2v) is 7.99. The molecule has 0 radical (unpaired) electrons. The molecule has 3 aromatic rings. The van der Waals surface area contributed by atoms with Crippen molar-refractivity contribution in [1.29, 1.82) is 0 Å². The third kappa shape index (κ3) is 3.62. The molecule has 3 rings (SSSR count). The minimum Gasteiger partial charge on any atom is -0.368 e. The normalized spacial score (nSPS) is 14.1. The minimum atomic E-state index is -5.24. The number of halogens is 4. The molecule has 2 heterocycles. The van der Waals surface area contributed by atoms with Crippen molar-refractivity contribution >= 4 is 44.1 Å². The second kappa shape index (κ2) is 7.06. The van der Waals surface area contributed by atoms with Gasteiger partial charge in [-0.1, -0.05) is 12.1 Å². The lowest BCUT2D eigenvalue weighted by molar-refractivity contribution is -0.255. The molecule has 0 saturated carbocycles. The van der Waals surface area contributed by atoms with Gasteiger partial charge in [-0.3, -0.25) is 9.59 Å². The number of amides is 1. The lowest BCUT2D eigenvalue weighted by Gasteiger charge is -2.28. The summed E-state index contributed by atoms with van der Waals surface area (Å²) in [5.41, 5.74) is -3.88. The Labute approximate surface area is 162 Å². The Morgan fingerprint density at radius 3 is 2.59 bits per heavy atom. The number of aromatic nitrogens is 2. The number of H-pyrrole nitrogens is 1. The van der Waals surface area contributed by atoms with E-state index >= 15 is 0 Å². The van der Waals surface area contributed by atoms with E-state index < -0.39 is 34.7 Å². The molecule has 1 aromatic carbocycles. The summed E-state index contributed by atoms with van der Waals surface area (Å²) in [6, 6.07) is 8.70. The molecule has 0 aliphatic carbocycles. The van der Waals surface area contributed by atoms with Crippen molar-refractivity contribution in [1.82, 2.24) is 15.3 Å². The van der Waals surface area contributed by atoms with Gasteiger partial charge in [0, 0.05) is 0 Å².